The lowest BCUT2D eigenvalue weighted by atomic mass is 9.98. The number of aliphatic hydroxyl groups is 7. The second kappa shape index (κ2) is 45.7. The van der Waals surface area contributed by atoms with E-state index in [1.165, 1.54) is 173 Å². The number of unbranched alkanes of at least 4 members (excludes halogenated alkanes) is 32. The summed E-state index contributed by atoms with van der Waals surface area (Å²) in [7, 11) is 0. The van der Waals surface area contributed by atoms with Crippen molar-refractivity contribution in [3.8, 4) is 0 Å². The van der Waals surface area contributed by atoms with E-state index in [4.69, 9.17) is 9.47 Å². The maximum absolute atomic E-state index is 13.2. The standard InChI is InChI=1S/C56H107NO10/c1-3-5-7-9-11-13-15-17-19-21-23-24-25-26-28-30-32-34-36-38-40-42-44-49(60)55(65)57-47(46-66-56-54(64)53(63)52(62)50(45-58)67-56)51(61)48(59)43-41-39-37-35-33-31-29-27-22-20-18-16-14-12-10-8-6-4-2/h27,29,35,37,47-54,56,58-64H,3-26,28,30-34,36,38-46H2,1-2H3,(H,57,65)/b29-27+,37-35+. The third kappa shape index (κ3) is 34.5. The van der Waals surface area contributed by atoms with E-state index in [-0.39, 0.29) is 12.8 Å². The van der Waals surface area contributed by atoms with Gasteiger partial charge in [0.2, 0.25) is 5.91 Å². The highest BCUT2D eigenvalue weighted by Gasteiger charge is 2.44. The molecule has 0 saturated carbocycles. The summed E-state index contributed by atoms with van der Waals surface area (Å²) in [6, 6.07) is -1.19. The first-order chi connectivity index (χ1) is 32.7. The van der Waals surface area contributed by atoms with Crippen molar-refractivity contribution in [1.29, 1.82) is 0 Å². The zero-order valence-electron chi connectivity index (χ0n) is 43.1. The summed E-state index contributed by atoms with van der Waals surface area (Å²) < 4.78 is 11.1. The molecule has 11 nitrogen and oxygen atoms in total. The number of carbonyl (C=O) groups is 1. The molecule has 0 aromatic rings. The third-order valence-corrected chi connectivity index (χ3v) is 13.7. The van der Waals surface area contributed by atoms with Gasteiger partial charge in [-0.3, -0.25) is 4.79 Å². The van der Waals surface area contributed by atoms with Gasteiger partial charge in [-0.15, -0.1) is 0 Å². The van der Waals surface area contributed by atoms with Crippen LogP contribution in [0.3, 0.4) is 0 Å². The number of aliphatic hydroxyl groups excluding tert-OH is 7. The number of hydrogen-bond donors (Lipinski definition) is 8. The van der Waals surface area contributed by atoms with Gasteiger partial charge in [0.15, 0.2) is 6.29 Å². The van der Waals surface area contributed by atoms with Gasteiger partial charge in [-0.25, -0.2) is 0 Å². The Bertz CT molecular complexity index is 1140. The number of hydrogen-bond acceptors (Lipinski definition) is 10. The van der Waals surface area contributed by atoms with Gasteiger partial charge in [-0.2, -0.15) is 0 Å². The van der Waals surface area contributed by atoms with E-state index in [9.17, 15) is 40.5 Å². The lowest BCUT2D eigenvalue weighted by Gasteiger charge is -2.40. The minimum atomic E-state index is -1.67. The molecular weight excluding hydrogens is 847 g/mol. The molecule has 396 valence electrons. The van der Waals surface area contributed by atoms with Crippen molar-refractivity contribution in [2.45, 2.75) is 313 Å². The third-order valence-electron chi connectivity index (χ3n) is 13.7. The summed E-state index contributed by atoms with van der Waals surface area (Å²) in [6.07, 6.45) is 42.3. The average Bonchev–Trinajstić information content (AvgIpc) is 3.33. The van der Waals surface area contributed by atoms with Crippen LogP contribution in [-0.4, -0.2) is 110 Å². The number of nitrogens with one attached hydrogen (secondary N) is 1. The molecule has 0 radical (unpaired) electrons. The molecular formula is C56H107NO10. The molecule has 0 aromatic heterocycles. The van der Waals surface area contributed by atoms with Crippen molar-refractivity contribution in [1.82, 2.24) is 5.32 Å². The molecule has 0 bridgehead atoms. The predicted octanol–water partition coefficient (Wildman–Crippen LogP) is 11.3. The van der Waals surface area contributed by atoms with Crippen molar-refractivity contribution in [2.75, 3.05) is 13.2 Å². The highest BCUT2D eigenvalue weighted by molar-refractivity contribution is 5.80. The minimum Gasteiger partial charge on any atom is -0.394 e. The van der Waals surface area contributed by atoms with Crippen LogP contribution in [0.4, 0.5) is 0 Å². The zero-order chi connectivity index (χ0) is 49.0. The molecule has 1 aliphatic rings. The Morgan fingerprint density at radius 1 is 0.507 bits per heavy atom. The quantitative estimate of drug-likeness (QED) is 0.0215. The Balaban J connectivity index is 2.35. The van der Waals surface area contributed by atoms with Gasteiger partial charge in [0.25, 0.3) is 0 Å². The Labute approximate surface area is 410 Å². The number of ether oxygens (including phenoxy) is 2. The van der Waals surface area contributed by atoms with Gasteiger partial charge < -0.3 is 50.5 Å². The number of amides is 1. The summed E-state index contributed by atoms with van der Waals surface area (Å²) in [5, 5.41) is 76.0. The predicted molar refractivity (Wildman–Crippen MR) is 275 cm³/mol. The van der Waals surface area contributed by atoms with Gasteiger partial charge in [-0.1, -0.05) is 231 Å². The second-order valence-corrected chi connectivity index (χ2v) is 20.0. The van der Waals surface area contributed by atoms with Crippen LogP contribution in [-0.2, 0) is 14.3 Å². The van der Waals surface area contributed by atoms with Gasteiger partial charge in [-0.05, 0) is 51.4 Å². The molecule has 8 N–H and O–H groups in total. The largest absolute Gasteiger partial charge is 0.394 e. The molecule has 1 aliphatic heterocycles. The first kappa shape index (κ1) is 63.6. The SMILES string of the molecule is CCCCCCCCCCC/C=C/CC/C=C/CCCC(O)C(O)C(COC1OC(CO)C(O)C(O)C1O)NC(=O)C(O)CCCCCCCCCCCCCCCCCCCCCCCC. The minimum absolute atomic E-state index is 0.249. The monoisotopic (exact) mass is 954 g/mol. The summed E-state index contributed by atoms with van der Waals surface area (Å²) in [6.45, 7) is 3.46. The van der Waals surface area contributed by atoms with Crippen LogP contribution in [0.15, 0.2) is 24.3 Å². The lowest BCUT2D eigenvalue weighted by molar-refractivity contribution is -0.303. The van der Waals surface area contributed by atoms with E-state index in [2.05, 4.69) is 43.5 Å². The van der Waals surface area contributed by atoms with Gasteiger partial charge >= 0.3 is 0 Å². The first-order valence-corrected chi connectivity index (χ1v) is 28.2. The summed E-state index contributed by atoms with van der Waals surface area (Å²) >= 11 is 0. The second-order valence-electron chi connectivity index (χ2n) is 20.0. The zero-order valence-corrected chi connectivity index (χ0v) is 43.1. The van der Waals surface area contributed by atoms with Crippen molar-refractivity contribution >= 4 is 5.91 Å². The molecule has 0 spiro atoms. The number of carbonyl (C=O) groups excluding carboxylic acids is 1. The summed E-state index contributed by atoms with van der Waals surface area (Å²) in [4.78, 5) is 13.2. The number of allylic oxidation sites excluding steroid dienone is 4. The Morgan fingerprint density at radius 3 is 1.33 bits per heavy atom. The Morgan fingerprint density at radius 2 is 0.896 bits per heavy atom. The molecule has 0 aliphatic carbocycles. The molecule has 1 rings (SSSR count). The van der Waals surface area contributed by atoms with E-state index in [0.717, 1.165) is 38.5 Å². The van der Waals surface area contributed by atoms with Crippen molar-refractivity contribution in [2.24, 2.45) is 0 Å². The van der Waals surface area contributed by atoms with Crippen molar-refractivity contribution in [3.63, 3.8) is 0 Å². The Hall–Kier alpha value is -1.41. The van der Waals surface area contributed by atoms with Crippen LogP contribution in [0.25, 0.3) is 0 Å². The fraction of sp³-hybridized carbons (Fsp3) is 0.911. The van der Waals surface area contributed by atoms with E-state index < -0.39 is 74.2 Å². The van der Waals surface area contributed by atoms with Crippen molar-refractivity contribution in [3.05, 3.63) is 24.3 Å². The van der Waals surface area contributed by atoms with Crippen LogP contribution in [0, 0.1) is 0 Å². The van der Waals surface area contributed by atoms with Crippen molar-refractivity contribution < 1.29 is 50.0 Å². The van der Waals surface area contributed by atoms with Crippen LogP contribution in [0.5, 0.6) is 0 Å². The maximum atomic E-state index is 13.2. The topological polar surface area (TPSA) is 189 Å². The fourth-order valence-corrected chi connectivity index (χ4v) is 9.11. The fourth-order valence-electron chi connectivity index (χ4n) is 9.11. The van der Waals surface area contributed by atoms with E-state index in [0.29, 0.717) is 19.3 Å². The molecule has 9 atom stereocenters. The molecule has 1 saturated heterocycles. The molecule has 11 heteroatoms. The van der Waals surface area contributed by atoms with E-state index >= 15 is 0 Å². The van der Waals surface area contributed by atoms with E-state index in [1.807, 2.05) is 0 Å². The molecule has 1 heterocycles. The highest BCUT2D eigenvalue weighted by atomic mass is 16.7. The molecule has 9 unspecified atom stereocenters. The van der Waals surface area contributed by atoms with Crippen LogP contribution < -0.4 is 5.32 Å². The molecule has 0 aromatic carbocycles. The molecule has 1 amide bonds. The van der Waals surface area contributed by atoms with E-state index in [1.54, 1.807) is 0 Å². The first-order valence-electron chi connectivity index (χ1n) is 28.2. The normalized spacial score (nSPS) is 20.8. The summed E-state index contributed by atoms with van der Waals surface area (Å²) in [5.41, 5.74) is 0. The van der Waals surface area contributed by atoms with Gasteiger partial charge in [0.05, 0.1) is 25.4 Å². The maximum Gasteiger partial charge on any atom is 0.249 e. The van der Waals surface area contributed by atoms with Crippen LogP contribution in [0.1, 0.15) is 258 Å². The highest BCUT2D eigenvalue weighted by Crippen LogP contribution is 2.23. The molecule has 1 fully saturated rings. The summed E-state index contributed by atoms with van der Waals surface area (Å²) in [5.74, 6) is -0.706. The lowest BCUT2D eigenvalue weighted by Crippen LogP contribution is -2.60. The Kier molecular flexibility index (Phi) is 43.4. The van der Waals surface area contributed by atoms with Crippen LogP contribution in [0.2, 0.25) is 0 Å². The average molecular weight is 954 g/mol. The van der Waals surface area contributed by atoms with Crippen LogP contribution >= 0.6 is 0 Å². The smallest absolute Gasteiger partial charge is 0.249 e. The van der Waals surface area contributed by atoms with Gasteiger partial charge in [0.1, 0.15) is 36.6 Å². The number of rotatable bonds is 48. The van der Waals surface area contributed by atoms with Gasteiger partial charge in [0, 0.05) is 0 Å². The molecule has 67 heavy (non-hydrogen) atoms.